The number of benzene rings is 1. The number of cyclic esters (lactones) is 1. The van der Waals surface area contributed by atoms with Gasteiger partial charge in [-0.3, -0.25) is 19.3 Å². The average molecular weight is 557 g/mol. The molecule has 2 aliphatic rings. The highest BCUT2D eigenvalue weighted by molar-refractivity contribution is 6.01. The second kappa shape index (κ2) is 12.2. The highest BCUT2D eigenvalue weighted by Gasteiger charge is 2.47. The van der Waals surface area contributed by atoms with Gasteiger partial charge in [0.15, 0.2) is 6.10 Å². The number of aromatic amines is 1. The third kappa shape index (κ3) is 6.16. The number of rotatable bonds is 11. The molecule has 2 saturated heterocycles. The van der Waals surface area contributed by atoms with Crippen molar-refractivity contribution in [1.82, 2.24) is 25.8 Å². The fourth-order valence-corrected chi connectivity index (χ4v) is 5.50. The Morgan fingerprint density at radius 3 is 2.55 bits per heavy atom. The van der Waals surface area contributed by atoms with E-state index in [1.807, 2.05) is 39.8 Å². The van der Waals surface area contributed by atoms with Gasteiger partial charge in [0.05, 0.1) is 13.2 Å². The number of methoxy groups -OCH3 is 1. The molecule has 1 aromatic carbocycles. The normalized spacial score (nSPS) is 22.4. The molecule has 2 unspecified atom stereocenters. The number of hydrogen-bond acceptors (Lipinski definition) is 7. The minimum absolute atomic E-state index is 0.0842. The van der Waals surface area contributed by atoms with E-state index in [9.17, 15) is 19.2 Å². The summed E-state index contributed by atoms with van der Waals surface area (Å²) in [6, 6.07) is 5.33. The lowest BCUT2D eigenvalue weighted by atomic mass is 9.93. The van der Waals surface area contributed by atoms with Crippen LogP contribution in [0.4, 0.5) is 4.79 Å². The second-order valence-corrected chi connectivity index (χ2v) is 11.2. The number of fused-ring (bicyclic) bond motifs is 1. The van der Waals surface area contributed by atoms with E-state index in [0.29, 0.717) is 30.8 Å². The first-order chi connectivity index (χ1) is 19.0. The minimum atomic E-state index is -0.879. The zero-order chi connectivity index (χ0) is 29.1. The molecule has 4 rings (SSSR count). The Labute approximate surface area is 233 Å². The average Bonchev–Trinajstić information content (AvgIpc) is 3.59. The van der Waals surface area contributed by atoms with E-state index in [1.165, 1.54) is 4.90 Å². The molecule has 0 aliphatic carbocycles. The quantitative estimate of drug-likeness (QED) is 0.281. The van der Waals surface area contributed by atoms with Crippen molar-refractivity contribution < 1.29 is 28.7 Å². The van der Waals surface area contributed by atoms with Gasteiger partial charge in [0.25, 0.3) is 5.91 Å². The molecule has 0 spiro atoms. The molecule has 3 heterocycles. The summed E-state index contributed by atoms with van der Waals surface area (Å²) in [5.74, 6) is -0.643. The van der Waals surface area contributed by atoms with Crippen LogP contribution >= 0.6 is 0 Å². The van der Waals surface area contributed by atoms with Gasteiger partial charge in [-0.1, -0.05) is 19.9 Å². The Hall–Kier alpha value is -3.80. The summed E-state index contributed by atoms with van der Waals surface area (Å²) in [6.07, 6.45) is -1.01. The number of carbonyl (C=O) groups excluding carboxylic acids is 4. The third-order valence-electron chi connectivity index (χ3n) is 7.50. The van der Waals surface area contributed by atoms with Gasteiger partial charge >= 0.3 is 6.09 Å². The van der Waals surface area contributed by atoms with Crippen LogP contribution in [0.15, 0.2) is 24.3 Å². The minimum Gasteiger partial charge on any atom is -0.496 e. The van der Waals surface area contributed by atoms with Crippen LogP contribution < -0.4 is 26.4 Å². The lowest BCUT2D eigenvalue weighted by Gasteiger charge is -2.31. The highest BCUT2D eigenvalue weighted by Crippen LogP contribution is 2.28. The maximum atomic E-state index is 13.7. The fraction of sp³-hybridized carbons (Fsp3) is 0.571. The van der Waals surface area contributed by atoms with Crippen LogP contribution in [0.3, 0.4) is 0 Å². The summed E-state index contributed by atoms with van der Waals surface area (Å²) in [7, 11) is 1.56. The van der Waals surface area contributed by atoms with Crippen molar-refractivity contribution in [3.05, 3.63) is 30.0 Å². The van der Waals surface area contributed by atoms with E-state index >= 15 is 0 Å². The second-order valence-electron chi connectivity index (χ2n) is 11.2. The number of hydrogen-bond donors (Lipinski definition) is 5. The molecule has 12 heteroatoms. The predicted octanol–water partition coefficient (Wildman–Crippen LogP) is 1.85. The van der Waals surface area contributed by atoms with Crippen LogP contribution in [0.5, 0.6) is 5.75 Å². The summed E-state index contributed by atoms with van der Waals surface area (Å²) in [4.78, 5) is 56.5. The van der Waals surface area contributed by atoms with Gasteiger partial charge in [-0.2, -0.15) is 0 Å². The van der Waals surface area contributed by atoms with Crippen molar-refractivity contribution in [3.63, 3.8) is 0 Å². The van der Waals surface area contributed by atoms with Crippen molar-refractivity contribution in [2.75, 3.05) is 13.7 Å². The Balaban J connectivity index is 1.55. The van der Waals surface area contributed by atoms with Crippen LogP contribution in [-0.4, -0.2) is 77.7 Å². The number of aromatic nitrogens is 1. The molecule has 0 saturated carbocycles. The van der Waals surface area contributed by atoms with Crippen LogP contribution in [-0.2, 0) is 14.3 Å². The molecule has 6 N–H and O–H groups in total. The maximum absolute atomic E-state index is 13.7. The summed E-state index contributed by atoms with van der Waals surface area (Å²) in [5, 5.41) is 9.39. The first-order valence-electron chi connectivity index (χ1n) is 13.8. The van der Waals surface area contributed by atoms with Gasteiger partial charge in [0.1, 0.15) is 23.7 Å². The first kappa shape index (κ1) is 29.2. The van der Waals surface area contributed by atoms with Crippen LogP contribution in [0.2, 0.25) is 0 Å². The number of H-pyrrole nitrogens is 1. The Morgan fingerprint density at radius 2 is 1.95 bits per heavy atom. The van der Waals surface area contributed by atoms with Crippen LogP contribution in [0.1, 0.15) is 57.4 Å². The first-order valence-corrected chi connectivity index (χ1v) is 13.8. The number of nitrogens with one attached hydrogen (secondary N) is 4. The molecular weight excluding hydrogens is 516 g/mol. The van der Waals surface area contributed by atoms with Crippen molar-refractivity contribution in [2.45, 2.75) is 77.4 Å². The standard InChI is InChI=1S/C28H40N6O6/c1-14(2)11-20(33-27(37)21-13-17-18(31-21)7-6-8-22(17)39-5)26(36)32-19(12-16-9-10-30-25(16)35)23-24(29)34(15(3)4)28(38)40-23/h6-8,13-16,19-20,23-24,31H,9-12,29H2,1-5H3,(H,30,35)(H,32,36)(H,33,37)/t16-,19-,20-,23?,24?/m0/s1. The SMILES string of the molecule is COc1cccc2[nH]c(C(=O)N[C@@H](CC(C)C)C(=O)N[C@@H](C[C@@H]3CCNC3=O)C3OC(=O)N(C(C)C)C3N)cc12. The largest absolute Gasteiger partial charge is 0.496 e. The van der Waals surface area contributed by atoms with Gasteiger partial charge in [0, 0.05) is 29.4 Å². The van der Waals surface area contributed by atoms with E-state index < -0.39 is 42.3 Å². The topological polar surface area (TPSA) is 168 Å². The van der Waals surface area contributed by atoms with Gasteiger partial charge in [-0.15, -0.1) is 0 Å². The summed E-state index contributed by atoms with van der Waals surface area (Å²) in [6.45, 7) is 8.11. The van der Waals surface area contributed by atoms with Gasteiger partial charge < -0.3 is 36.1 Å². The van der Waals surface area contributed by atoms with Crippen LogP contribution in [0, 0.1) is 11.8 Å². The van der Waals surface area contributed by atoms with E-state index in [1.54, 1.807) is 19.2 Å². The number of ether oxygens (including phenoxy) is 2. The van der Waals surface area contributed by atoms with Crippen molar-refractivity contribution in [1.29, 1.82) is 0 Å². The summed E-state index contributed by atoms with van der Waals surface area (Å²) < 4.78 is 11.0. The molecule has 1 aromatic heterocycles. The zero-order valence-corrected chi connectivity index (χ0v) is 23.7. The molecule has 12 nitrogen and oxygen atoms in total. The monoisotopic (exact) mass is 556 g/mol. The smallest absolute Gasteiger partial charge is 0.411 e. The van der Waals surface area contributed by atoms with Gasteiger partial charge in [-0.25, -0.2) is 4.79 Å². The number of nitrogens with two attached hydrogens (primary N) is 1. The van der Waals surface area contributed by atoms with E-state index in [2.05, 4.69) is 20.9 Å². The Bertz CT molecular complexity index is 1260. The third-order valence-corrected chi connectivity index (χ3v) is 7.50. The van der Waals surface area contributed by atoms with Crippen molar-refractivity contribution in [3.8, 4) is 5.75 Å². The molecule has 2 aromatic rings. The maximum Gasteiger partial charge on any atom is 0.411 e. The molecular formula is C28H40N6O6. The molecule has 0 radical (unpaired) electrons. The van der Waals surface area contributed by atoms with Crippen LogP contribution in [0.25, 0.3) is 10.9 Å². The summed E-state index contributed by atoms with van der Waals surface area (Å²) in [5.41, 5.74) is 7.44. The lowest BCUT2D eigenvalue weighted by Crippen LogP contribution is -2.58. The molecule has 4 amide bonds. The van der Waals surface area contributed by atoms with Gasteiger partial charge in [0.2, 0.25) is 11.8 Å². The Morgan fingerprint density at radius 1 is 1.20 bits per heavy atom. The Kier molecular flexibility index (Phi) is 8.87. The molecule has 2 fully saturated rings. The van der Waals surface area contributed by atoms with E-state index in [0.717, 1.165) is 10.9 Å². The fourth-order valence-electron chi connectivity index (χ4n) is 5.50. The molecule has 2 aliphatic heterocycles. The van der Waals surface area contributed by atoms with Crippen molar-refractivity contribution in [2.24, 2.45) is 17.6 Å². The molecule has 218 valence electrons. The molecule has 5 atom stereocenters. The predicted molar refractivity (Wildman–Crippen MR) is 148 cm³/mol. The highest BCUT2D eigenvalue weighted by atomic mass is 16.6. The lowest BCUT2D eigenvalue weighted by molar-refractivity contribution is -0.127. The molecule has 40 heavy (non-hydrogen) atoms. The number of amides is 4. The van der Waals surface area contributed by atoms with E-state index in [-0.39, 0.29) is 30.2 Å². The summed E-state index contributed by atoms with van der Waals surface area (Å²) >= 11 is 0. The number of carbonyl (C=O) groups is 4. The number of nitrogens with zero attached hydrogens (tertiary/aromatic N) is 1. The zero-order valence-electron chi connectivity index (χ0n) is 23.7. The van der Waals surface area contributed by atoms with Gasteiger partial charge in [-0.05, 0) is 57.2 Å². The molecule has 0 bridgehead atoms. The van der Waals surface area contributed by atoms with Crippen molar-refractivity contribution >= 4 is 34.7 Å². The van der Waals surface area contributed by atoms with E-state index in [4.69, 9.17) is 15.2 Å².